The van der Waals surface area contributed by atoms with Gasteiger partial charge in [0.1, 0.15) is 0 Å². The van der Waals surface area contributed by atoms with Crippen LogP contribution in [0.5, 0.6) is 0 Å². The molecule has 2 aromatic carbocycles. The molecule has 0 aliphatic rings. The standard InChI is InChI=1S/C15H11N/c1-12(14-5-3-2-4-6-14)15-9-7-13(11-16)8-10-15/h2-10H,1H2. The zero-order valence-electron chi connectivity index (χ0n) is 8.85. The first kappa shape index (κ1) is 10.2. The molecule has 0 saturated carbocycles. The van der Waals surface area contributed by atoms with Gasteiger partial charge in [0, 0.05) is 0 Å². The van der Waals surface area contributed by atoms with Gasteiger partial charge in [0.25, 0.3) is 0 Å². The second-order valence-electron chi connectivity index (χ2n) is 3.53. The first-order valence-electron chi connectivity index (χ1n) is 5.06. The van der Waals surface area contributed by atoms with Crippen LogP contribution in [0.15, 0.2) is 61.2 Å². The molecule has 0 saturated heterocycles. The summed E-state index contributed by atoms with van der Waals surface area (Å²) in [6.45, 7) is 4.07. The minimum absolute atomic E-state index is 0.671. The number of nitriles is 1. The Labute approximate surface area is 95.3 Å². The van der Waals surface area contributed by atoms with Crippen molar-refractivity contribution in [1.29, 1.82) is 5.26 Å². The largest absolute Gasteiger partial charge is 0.192 e. The Morgan fingerprint density at radius 2 is 1.44 bits per heavy atom. The topological polar surface area (TPSA) is 23.8 Å². The SMILES string of the molecule is C=C(c1ccccc1)c1ccc(C#N)cc1. The number of nitrogens with zero attached hydrogens (tertiary/aromatic N) is 1. The molecular formula is C15H11N. The van der Waals surface area contributed by atoms with E-state index in [4.69, 9.17) is 5.26 Å². The second-order valence-corrected chi connectivity index (χ2v) is 3.53. The summed E-state index contributed by atoms with van der Waals surface area (Å²) >= 11 is 0. The van der Waals surface area contributed by atoms with Crippen molar-refractivity contribution < 1.29 is 0 Å². The highest BCUT2D eigenvalue weighted by atomic mass is 14.2. The average Bonchev–Trinajstić information content (AvgIpc) is 2.39. The summed E-state index contributed by atoms with van der Waals surface area (Å²) in [5.41, 5.74) is 3.80. The molecule has 0 fully saturated rings. The van der Waals surface area contributed by atoms with E-state index >= 15 is 0 Å². The molecule has 0 N–H and O–H groups in total. The highest BCUT2D eigenvalue weighted by Gasteiger charge is 2.01. The van der Waals surface area contributed by atoms with Crippen LogP contribution < -0.4 is 0 Å². The highest BCUT2D eigenvalue weighted by Crippen LogP contribution is 2.21. The Balaban J connectivity index is 2.32. The Hall–Kier alpha value is -2.33. The van der Waals surface area contributed by atoms with E-state index in [9.17, 15) is 0 Å². The molecule has 0 spiro atoms. The minimum atomic E-state index is 0.671. The fourth-order valence-corrected chi connectivity index (χ4v) is 1.55. The van der Waals surface area contributed by atoms with Gasteiger partial charge >= 0.3 is 0 Å². The summed E-state index contributed by atoms with van der Waals surface area (Å²) in [4.78, 5) is 0. The van der Waals surface area contributed by atoms with E-state index < -0.39 is 0 Å². The number of hydrogen-bond acceptors (Lipinski definition) is 1. The van der Waals surface area contributed by atoms with E-state index in [0.29, 0.717) is 5.56 Å². The van der Waals surface area contributed by atoms with Crippen molar-refractivity contribution >= 4 is 5.57 Å². The molecule has 0 unspecified atom stereocenters. The van der Waals surface area contributed by atoms with Crippen molar-refractivity contribution in [3.8, 4) is 6.07 Å². The predicted octanol–water partition coefficient (Wildman–Crippen LogP) is 3.62. The van der Waals surface area contributed by atoms with Crippen LogP contribution in [0.2, 0.25) is 0 Å². The number of benzene rings is 2. The third-order valence-corrected chi connectivity index (χ3v) is 2.48. The van der Waals surface area contributed by atoms with Crippen LogP contribution in [-0.4, -0.2) is 0 Å². The maximum atomic E-state index is 8.71. The van der Waals surface area contributed by atoms with E-state index in [1.54, 1.807) is 0 Å². The molecule has 0 bridgehead atoms. The first-order chi connectivity index (χ1) is 7.81. The van der Waals surface area contributed by atoms with Crippen LogP contribution in [0.3, 0.4) is 0 Å². The van der Waals surface area contributed by atoms with E-state index in [-0.39, 0.29) is 0 Å². The fourth-order valence-electron chi connectivity index (χ4n) is 1.55. The Bertz CT molecular complexity index is 530. The molecule has 0 aliphatic carbocycles. The lowest BCUT2D eigenvalue weighted by atomic mass is 9.99. The molecule has 0 aliphatic heterocycles. The van der Waals surface area contributed by atoms with Crippen molar-refractivity contribution in [3.63, 3.8) is 0 Å². The van der Waals surface area contributed by atoms with Crippen molar-refractivity contribution in [3.05, 3.63) is 77.9 Å². The Morgan fingerprint density at radius 1 is 0.875 bits per heavy atom. The Morgan fingerprint density at radius 3 is 2.00 bits per heavy atom. The molecule has 0 amide bonds. The van der Waals surface area contributed by atoms with Gasteiger partial charge in [-0.15, -0.1) is 0 Å². The number of rotatable bonds is 2. The molecule has 0 atom stereocenters. The zero-order valence-corrected chi connectivity index (χ0v) is 8.85. The van der Waals surface area contributed by atoms with Gasteiger partial charge in [-0.05, 0) is 28.8 Å². The lowest BCUT2D eigenvalue weighted by Gasteiger charge is -2.05. The molecular weight excluding hydrogens is 194 g/mol. The van der Waals surface area contributed by atoms with E-state index in [0.717, 1.165) is 16.7 Å². The molecule has 0 radical (unpaired) electrons. The minimum Gasteiger partial charge on any atom is -0.192 e. The van der Waals surface area contributed by atoms with Crippen LogP contribution in [-0.2, 0) is 0 Å². The van der Waals surface area contributed by atoms with E-state index in [1.165, 1.54) is 0 Å². The molecule has 1 nitrogen and oxygen atoms in total. The summed E-state index contributed by atoms with van der Waals surface area (Å²) in [5, 5.41) is 8.71. The van der Waals surface area contributed by atoms with Crippen LogP contribution in [0, 0.1) is 11.3 Å². The molecule has 1 heteroatoms. The highest BCUT2D eigenvalue weighted by molar-refractivity contribution is 5.78. The molecule has 2 rings (SSSR count). The summed E-state index contributed by atoms with van der Waals surface area (Å²) in [5.74, 6) is 0. The molecule has 0 heterocycles. The maximum absolute atomic E-state index is 8.71. The summed E-state index contributed by atoms with van der Waals surface area (Å²) in [7, 11) is 0. The van der Waals surface area contributed by atoms with Gasteiger partial charge in [0.05, 0.1) is 11.6 Å². The molecule has 0 aromatic heterocycles. The quantitative estimate of drug-likeness (QED) is 0.734. The van der Waals surface area contributed by atoms with Crippen LogP contribution in [0.25, 0.3) is 5.57 Å². The van der Waals surface area contributed by atoms with Crippen molar-refractivity contribution in [2.45, 2.75) is 0 Å². The normalized spacial score (nSPS) is 9.44. The van der Waals surface area contributed by atoms with Gasteiger partial charge in [-0.2, -0.15) is 5.26 Å². The number of hydrogen-bond donors (Lipinski definition) is 0. The van der Waals surface area contributed by atoms with Crippen LogP contribution >= 0.6 is 0 Å². The summed E-state index contributed by atoms with van der Waals surface area (Å²) in [6.07, 6.45) is 0. The fraction of sp³-hybridized carbons (Fsp3) is 0. The summed E-state index contributed by atoms with van der Waals surface area (Å²) < 4.78 is 0. The van der Waals surface area contributed by atoms with E-state index in [1.807, 2.05) is 54.6 Å². The molecule has 16 heavy (non-hydrogen) atoms. The average molecular weight is 205 g/mol. The summed E-state index contributed by atoms with van der Waals surface area (Å²) in [6, 6.07) is 19.6. The third-order valence-electron chi connectivity index (χ3n) is 2.48. The van der Waals surface area contributed by atoms with E-state index in [2.05, 4.69) is 12.6 Å². The van der Waals surface area contributed by atoms with Gasteiger partial charge in [-0.25, -0.2) is 0 Å². The van der Waals surface area contributed by atoms with Crippen molar-refractivity contribution in [1.82, 2.24) is 0 Å². The van der Waals surface area contributed by atoms with Crippen molar-refractivity contribution in [2.24, 2.45) is 0 Å². The monoisotopic (exact) mass is 205 g/mol. The predicted molar refractivity (Wildman–Crippen MR) is 65.7 cm³/mol. The molecule has 76 valence electrons. The maximum Gasteiger partial charge on any atom is 0.0991 e. The van der Waals surface area contributed by atoms with Gasteiger partial charge in [-0.3, -0.25) is 0 Å². The van der Waals surface area contributed by atoms with Crippen LogP contribution in [0.1, 0.15) is 16.7 Å². The molecule has 2 aromatic rings. The Kier molecular flexibility index (Phi) is 2.84. The van der Waals surface area contributed by atoms with Gasteiger partial charge in [0.2, 0.25) is 0 Å². The lowest BCUT2D eigenvalue weighted by Crippen LogP contribution is -1.85. The third kappa shape index (κ3) is 2.02. The van der Waals surface area contributed by atoms with Crippen LogP contribution in [0.4, 0.5) is 0 Å². The van der Waals surface area contributed by atoms with Gasteiger partial charge in [0.15, 0.2) is 0 Å². The lowest BCUT2D eigenvalue weighted by molar-refractivity contribution is 1.47. The smallest absolute Gasteiger partial charge is 0.0991 e. The first-order valence-corrected chi connectivity index (χ1v) is 5.06. The van der Waals surface area contributed by atoms with Gasteiger partial charge in [-0.1, -0.05) is 49.0 Å². The van der Waals surface area contributed by atoms with Crippen molar-refractivity contribution in [2.75, 3.05) is 0 Å². The van der Waals surface area contributed by atoms with Gasteiger partial charge < -0.3 is 0 Å². The zero-order chi connectivity index (χ0) is 11.4. The second kappa shape index (κ2) is 4.46.